The first kappa shape index (κ1) is 16.8. The number of benzene rings is 1. The summed E-state index contributed by atoms with van der Waals surface area (Å²) in [6.45, 7) is 2.91. The lowest BCUT2D eigenvalue weighted by molar-refractivity contribution is -0.128. The van der Waals surface area contributed by atoms with Crippen molar-refractivity contribution >= 4 is 17.5 Å². The lowest BCUT2D eigenvalue weighted by Crippen LogP contribution is -2.48. The molecule has 1 heterocycles. The number of rotatable bonds is 4. The summed E-state index contributed by atoms with van der Waals surface area (Å²) in [4.78, 5) is 13.1. The molecule has 2 aliphatic rings. The van der Waals surface area contributed by atoms with Gasteiger partial charge in [-0.25, -0.2) is 0 Å². The molecule has 4 heteroatoms. The van der Waals surface area contributed by atoms with Gasteiger partial charge in [-0.05, 0) is 62.4 Å². The molecule has 126 valence electrons. The Hall–Kier alpha value is -1.06. The maximum Gasteiger partial charge on any atom is 0.230 e. The van der Waals surface area contributed by atoms with E-state index in [4.69, 9.17) is 11.6 Å². The SMILES string of the molecule is O=C(NCC1CCCNC1)C1(c2cccc(Cl)c2)CCCCC1. The summed E-state index contributed by atoms with van der Waals surface area (Å²) in [5, 5.41) is 7.40. The Bertz CT molecular complexity index is 534. The van der Waals surface area contributed by atoms with Crippen LogP contribution in [0.2, 0.25) is 5.02 Å². The van der Waals surface area contributed by atoms with E-state index >= 15 is 0 Å². The van der Waals surface area contributed by atoms with E-state index < -0.39 is 0 Å². The highest BCUT2D eigenvalue weighted by Crippen LogP contribution is 2.40. The maximum absolute atomic E-state index is 13.1. The minimum atomic E-state index is -0.384. The Balaban J connectivity index is 1.73. The minimum Gasteiger partial charge on any atom is -0.355 e. The summed E-state index contributed by atoms with van der Waals surface area (Å²) >= 11 is 6.19. The molecule has 1 saturated heterocycles. The zero-order chi connectivity index (χ0) is 16.1. The molecule has 2 N–H and O–H groups in total. The van der Waals surface area contributed by atoms with Crippen molar-refractivity contribution in [2.45, 2.75) is 50.4 Å². The van der Waals surface area contributed by atoms with Gasteiger partial charge in [-0.15, -0.1) is 0 Å². The van der Waals surface area contributed by atoms with Gasteiger partial charge in [-0.3, -0.25) is 4.79 Å². The molecule has 1 aliphatic heterocycles. The zero-order valence-electron chi connectivity index (χ0n) is 13.7. The third kappa shape index (κ3) is 3.89. The number of piperidine rings is 1. The number of nitrogens with one attached hydrogen (secondary N) is 2. The molecule has 0 aromatic heterocycles. The fraction of sp³-hybridized carbons (Fsp3) is 0.632. The monoisotopic (exact) mass is 334 g/mol. The number of hydrogen-bond donors (Lipinski definition) is 2. The van der Waals surface area contributed by atoms with E-state index in [2.05, 4.69) is 16.7 Å². The molecule has 1 aliphatic carbocycles. The predicted molar refractivity (Wildman–Crippen MR) is 94.8 cm³/mol. The van der Waals surface area contributed by atoms with E-state index in [0.29, 0.717) is 5.92 Å². The molecule has 1 amide bonds. The van der Waals surface area contributed by atoms with Gasteiger partial charge in [-0.1, -0.05) is 43.0 Å². The van der Waals surface area contributed by atoms with Crippen molar-refractivity contribution in [2.24, 2.45) is 5.92 Å². The van der Waals surface area contributed by atoms with Crippen LogP contribution in [-0.2, 0) is 10.2 Å². The molecule has 1 aromatic carbocycles. The standard InChI is InChI=1S/C19H27ClN2O/c20-17-8-4-7-16(12-17)19(9-2-1-3-10-19)18(23)22-14-15-6-5-11-21-13-15/h4,7-8,12,15,21H,1-3,5-6,9-11,13-14H2,(H,22,23). The van der Waals surface area contributed by atoms with Crippen molar-refractivity contribution in [1.82, 2.24) is 10.6 Å². The molecule has 3 rings (SSSR count). The van der Waals surface area contributed by atoms with E-state index in [9.17, 15) is 4.79 Å². The Labute approximate surface area is 144 Å². The van der Waals surface area contributed by atoms with Crippen LogP contribution in [0.1, 0.15) is 50.5 Å². The highest BCUT2D eigenvalue weighted by molar-refractivity contribution is 6.30. The Morgan fingerprint density at radius 3 is 2.78 bits per heavy atom. The third-order valence-corrected chi connectivity index (χ3v) is 5.70. The van der Waals surface area contributed by atoms with Crippen LogP contribution in [0.25, 0.3) is 0 Å². The molecule has 3 nitrogen and oxygen atoms in total. The summed E-state index contributed by atoms with van der Waals surface area (Å²) in [5.74, 6) is 0.762. The first-order valence-corrected chi connectivity index (χ1v) is 9.33. The van der Waals surface area contributed by atoms with Crippen LogP contribution in [-0.4, -0.2) is 25.5 Å². The molecule has 1 saturated carbocycles. The van der Waals surface area contributed by atoms with Gasteiger partial charge < -0.3 is 10.6 Å². The molecule has 23 heavy (non-hydrogen) atoms. The molecular formula is C19H27ClN2O. The molecule has 1 aromatic rings. The predicted octanol–water partition coefficient (Wildman–Crippen LogP) is 3.66. The topological polar surface area (TPSA) is 41.1 Å². The van der Waals surface area contributed by atoms with E-state index in [1.165, 1.54) is 19.3 Å². The molecular weight excluding hydrogens is 308 g/mol. The zero-order valence-corrected chi connectivity index (χ0v) is 14.5. The van der Waals surface area contributed by atoms with Crippen molar-refractivity contribution < 1.29 is 4.79 Å². The molecule has 0 bridgehead atoms. The van der Waals surface area contributed by atoms with Crippen LogP contribution in [0.3, 0.4) is 0 Å². The minimum absolute atomic E-state index is 0.199. The van der Waals surface area contributed by atoms with E-state index in [1.807, 2.05) is 18.2 Å². The number of amides is 1. The smallest absolute Gasteiger partial charge is 0.230 e. The first-order chi connectivity index (χ1) is 11.2. The first-order valence-electron chi connectivity index (χ1n) is 8.96. The van der Waals surface area contributed by atoms with Crippen molar-refractivity contribution in [3.8, 4) is 0 Å². The average molecular weight is 335 g/mol. The Morgan fingerprint density at radius 1 is 1.26 bits per heavy atom. The summed E-state index contributed by atoms with van der Waals surface area (Å²) in [7, 11) is 0. The lowest BCUT2D eigenvalue weighted by atomic mass is 9.68. The van der Waals surface area contributed by atoms with Gasteiger partial charge in [0, 0.05) is 11.6 Å². The van der Waals surface area contributed by atoms with Crippen LogP contribution >= 0.6 is 11.6 Å². The van der Waals surface area contributed by atoms with Gasteiger partial charge >= 0.3 is 0 Å². The van der Waals surface area contributed by atoms with Crippen LogP contribution in [0.5, 0.6) is 0 Å². The largest absolute Gasteiger partial charge is 0.355 e. The van der Waals surface area contributed by atoms with E-state index in [0.717, 1.165) is 55.9 Å². The summed E-state index contributed by atoms with van der Waals surface area (Å²) in [5.41, 5.74) is 0.703. The Kier molecular flexibility index (Phi) is 5.60. The van der Waals surface area contributed by atoms with Gasteiger partial charge in [-0.2, -0.15) is 0 Å². The van der Waals surface area contributed by atoms with Crippen molar-refractivity contribution in [3.63, 3.8) is 0 Å². The van der Waals surface area contributed by atoms with Crippen LogP contribution < -0.4 is 10.6 Å². The Morgan fingerprint density at radius 2 is 2.09 bits per heavy atom. The third-order valence-electron chi connectivity index (χ3n) is 5.47. The second kappa shape index (κ2) is 7.67. The molecule has 1 unspecified atom stereocenters. The van der Waals surface area contributed by atoms with Crippen LogP contribution in [0.15, 0.2) is 24.3 Å². The fourth-order valence-corrected chi connectivity index (χ4v) is 4.28. The highest BCUT2D eigenvalue weighted by atomic mass is 35.5. The van der Waals surface area contributed by atoms with E-state index in [-0.39, 0.29) is 11.3 Å². The second-order valence-electron chi connectivity index (χ2n) is 7.08. The lowest BCUT2D eigenvalue weighted by Gasteiger charge is -2.37. The number of halogens is 1. The number of carbonyl (C=O) groups excluding carboxylic acids is 1. The summed E-state index contributed by atoms with van der Waals surface area (Å²) in [6.07, 6.45) is 7.74. The van der Waals surface area contributed by atoms with E-state index in [1.54, 1.807) is 0 Å². The van der Waals surface area contributed by atoms with Crippen LogP contribution in [0, 0.1) is 5.92 Å². The summed E-state index contributed by atoms with van der Waals surface area (Å²) in [6, 6.07) is 7.90. The quantitative estimate of drug-likeness (QED) is 0.882. The average Bonchev–Trinajstić information content (AvgIpc) is 2.61. The molecule has 0 radical (unpaired) electrons. The van der Waals surface area contributed by atoms with Crippen molar-refractivity contribution in [1.29, 1.82) is 0 Å². The fourth-order valence-electron chi connectivity index (χ4n) is 4.09. The highest BCUT2D eigenvalue weighted by Gasteiger charge is 2.41. The van der Waals surface area contributed by atoms with Gasteiger partial charge in [0.25, 0.3) is 0 Å². The molecule has 2 fully saturated rings. The normalized spacial score (nSPS) is 24.1. The van der Waals surface area contributed by atoms with Gasteiger partial charge in [0.2, 0.25) is 5.91 Å². The van der Waals surface area contributed by atoms with Gasteiger partial charge in [0.1, 0.15) is 0 Å². The van der Waals surface area contributed by atoms with Crippen LogP contribution in [0.4, 0.5) is 0 Å². The second-order valence-corrected chi connectivity index (χ2v) is 7.51. The van der Waals surface area contributed by atoms with Gasteiger partial charge in [0.15, 0.2) is 0 Å². The summed E-state index contributed by atoms with van der Waals surface area (Å²) < 4.78 is 0. The van der Waals surface area contributed by atoms with Crippen molar-refractivity contribution in [3.05, 3.63) is 34.9 Å². The molecule has 0 spiro atoms. The number of hydrogen-bond acceptors (Lipinski definition) is 2. The maximum atomic E-state index is 13.1. The number of carbonyl (C=O) groups is 1. The van der Waals surface area contributed by atoms with Crippen molar-refractivity contribution in [2.75, 3.05) is 19.6 Å². The van der Waals surface area contributed by atoms with Gasteiger partial charge in [0.05, 0.1) is 5.41 Å². The molecule has 1 atom stereocenters.